The molecule has 0 amide bonds. The number of hydrogen-bond donors (Lipinski definition) is 0. The number of para-hydroxylation sites is 1. The van der Waals surface area contributed by atoms with E-state index < -0.39 is 0 Å². The smallest absolute Gasteiger partial charge is 0.239 e. The summed E-state index contributed by atoms with van der Waals surface area (Å²) in [5, 5.41) is 0. The van der Waals surface area contributed by atoms with Gasteiger partial charge in [0.25, 0.3) is 0 Å². The average molecular weight is 363 g/mol. The quantitative estimate of drug-likeness (QED) is 0.729. The second-order valence-electron chi connectivity index (χ2n) is 8.40. The Hall–Kier alpha value is -1.02. The Balaban J connectivity index is 0.00000225. The lowest BCUT2D eigenvalue weighted by molar-refractivity contribution is -0.521. The molecule has 1 heterocycles. The van der Waals surface area contributed by atoms with Gasteiger partial charge in [0.15, 0.2) is 0 Å². The third kappa shape index (κ3) is 4.78. The minimum atomic E-state index is 0. The van der Waals surface area contributed by atoms with Crippen LogP contribution in [0.3, 0.4) is 0 Å². The number of rotatable bonds is 5. The van der Waals surface area contributed by atoms with E-state index in [0.717, 1.165) is 12.5 Å². The predicted molar refractivity (Wildman–Crippen MR) is 105 cm³/mol. The van der Waals surface area contributed by atoms with E-state index in [1.54, 1.807) is 0 Å². The van der Waals surface area contributed by atoms with E-state index in [1.807, 2.05) is 0 Å². The molecule has 0 aromatic heterocycles. The number of nitrogens with zero attached hydrogens (tertiary/aromatic N) is 2. The van der Waals surface area contributed by atoms with Gasteiger partial charge in [0.05, 0.1) is 6.54 Å². The highest BCUT2D eigenvalue weighted by molar-refractivity contribution is 5.81. The van der Waals surface area contributed by atoms with Gasteiger partial charge in [-0.2, -0.15) is 0 Å². The Kier molecular flexibility index (Phi) is 7.37. The van der Waals surface area contributed by atoms with Crippen molar-refractivity contribution in [3.05, 3.63) is 29.3 Å². The van der Waals surface area contributed by atoms with Crippen molar-refractivity contribution in [3.63, 3.8) is 0 Å². The van der Waals surface area contributed by atoms with Gasteiger partial charge in [-0.15, -0.1) is 0 Å². The molecule has 25 heavy (non-hydrogen) atoms. The number of hydrogen-bond acceptors (Lipinski definition) is 1. The summed E-state index contributed by atoms with van der Waals surface area (Å²) in [6.45, 7) is 12.9. The van der Waals surface area contributed by atoms with Crippen LogP contribution in [-0.4, -0.2) is 30.5 Å². The largest absolute Gasteiger partial charge is 1.00 e. The van der Waals surface area contributed by atoms with E-state index in [0.29, 0.717) is 11.8 Å². The van der Waals surface area contributed by atoms with Crippen LogP contribution in [0.2, 0.25) is 0 Å². The Morgan fingerprint density at radius 1 is 1.00 bits per heavy atom. The van der Waals surface area contributed by atoms with Gasteiger partial charge < -0.3 is 12.4 Å². The molecule has 1 saturated carbocycles. The number of anilines is 1. The third-order valence-electron chi connectivity index (χ3n) is 5.78. The van der Waals surface area contributed by atoms with Crippen LogP contribution >= 0.6 is 0 Å². The van der Waals surface area contributed by atoms with Gasteiger partial charge >= 0.3 is 0 Å². The fourth-order valence-electron chi connectivity index (χ4n) is 4.40. The van der Waals surface area contributed by atoms with E-state index in [2.05, 4.69) is 61.7 Å². The highest BCUT2D eigenvalue weighted by Gasteiger charge is 2.29. The zero-order valence-corrected chi connectivity index (χ0v) is 17.2. The summed E-state index contributed by atoms with van der Waals surface area (Å²) in [5.41, 5.74) is 4.47. The maximum atomic E-state index is 2.58. The Bertz CT molecular complexity index is 559. The summed E-state index contributed by atoms with van der Waals surface area (Å²) in [4.78, 5) is 2.54. The van der Waals surface area contributed by atoms with Gasteiger partial charge in [0.2, 0.25) is 6.34 Å². The second-order valence-corrected chi connectivity index (χ2v) is 8.40. The molecule has 1 aliphatic heterocycles. The summed E-state index contributed by atoms with van der Waals surface area (Å²) in [5.74, 6) is 2.05. The van der Waals surface area contributed by atoms with Crippen molar-refractivity contribution in [2.75, 3.05) is 24.5 Å². The topological polar surface area (TPSA) is 6.25 Å². The van der Waals surface area contributed by atoms with Gasteiger partial charge in [-0.3, -0.25) is 4.58 Å². The van der Waals surface area contributed by atoms with Crippen molar-refractivity contribution < 1.29 is 17.0 Å². The summed E-state index contributed by atoms with van der Waals surface area (Å²) < 4.78 is 2.58. The van der Waals surface area contributed by atoms with E-state index in [4.69, 9.17) is 0 Å². The summed E-state index contributed by atoms with van der Waals surface area (Å²) in [6.07, 6.45) is 9.62. The molecule has 1 aromatic carbocycles. The first-order chi connectivity index (χ1) is 11.6. The van der Waals surface area contributed by atoms with Crippen molar-refractivity contribution in [1.82, 2.24) is 0 Å². The summed E-state index contributed by atoms with van der Waals surface area (Å²) in [6, 6.07) is 6.89. The van der Waals surface area contributed by atoms with Crippen LogP contribution in [0.4, 0.5) is 5.69 Å². The van der Waals surface area contributed by atoms with Crippen molar-refractivity contribution in [2.45, 2.75) is 71.6 Å². The van der Waals surface area contributed by atoms with Crippen molar-refractivity contribution in [1.29, 1.82) is 0 Å². The lowest BCUT2D eigenvalue weighted by Crippen LogP contribution is -3.00. The first-order valence-electron chi connectivity index (χ1n) is 10.0. The second kappa shape index (κ2) is 9.07. The van der Waals surface area contributed by atoms with Crippen molar-refractivity contribution in [2.24, 2.45) is 5.92 Å². The third-order valence-corrected chi connectivity index (χ3v) is 5.78. The normalized spacial score (nSPS) is 18.6. The molecule has 2 nitrogen and oxygen atoms in total. The van der Waals surface area contributed by atoms with Gasteiger partial charge in [-0.05, 0) is 30.6 Å². The molecule has 140 valence electrons. The summed E-state index contributed by atoms with van der Waals surface area (Å²) >= 11 is 0. The van der Waals surface area contributed by atoms with Gasteiger partial charge in [-0.1, -0.05) is 65.2 Å². The molecule has 0 atom stereocenters. The monoisotopic (exact) mass is 362 g/mol. The van der Waals surface area contributed by atoms with Crippen LogP contribution in [-0.2, 0) is 0 Å². The van der Waals surface area contributed by atoms with E-state index in [-0.39, 0.29) is 12.4 Å². The van der Waals surface area contributed by atoms with Crippen molar-refractivity contribution >= 4 is 12.0 Å². The van der Waals surface area contributed by atoms with Gasteiger partial charge in [-0.25, -0.2) is 4.90 Å². The Morgan fingerprint density at radius 2 is 1.60 bits per heavy atom. The first kappa shape index (κ1) is 20.3. The fourth-order valence-corrected chi connectivity index (χ4v) is 4.40. The standard InChI is InChI=1S/C22H35N2.ClH/c1-17(2)20-11-8-12-21(18(3)4)22(20)24-14-13-23(16-24)15-19-9-6-5-7-10-19;/h8,11-12,16-19H,5-7,9-10,13-15H2,1-4H3;1H/q+1;/p-1. The molecule has 0 radical (unpaired) electrons. The Morgan fingerprint density at radius 3 is 2.16 bits per heavy atom. The molecule has 3 rings (SSSR count). The molecule has 1 aliphatic carbocycles. The molecular weight excluding hydrogens is 328 g/mol. The molecular formula is C22H35ClN2. The molecule has 0 N–H and O–H groups in total. The lowest BCUT2D eigenvalue weighted by atomic mass is 9.89. The molecule has 0 spiro atoms. The Labute approximate surface area is 160 Å². The van der Waals surface area contributed by atoms with Crippen LogP contribution in [0.25, 0.3) is 0 Å². The zero-order chi connectivity index (χ0) is 17.1. The molecule has 2 aliphatic rings. The van der Waals surface area contributed by atoms with Gasteiger partial charge in [0, 0.05) is 11.1 Å². The number of benzene rings is 1. The maximum absolute atomic E-state index is 2.58. The van der Waals surface area contributed by atoms with E-state index in [1.165, 1.54) is 62.0 Å². The average Bonchev–Trinajstić information content (AvgIpc) is 3.03. The highest BCUT2D eigenvalue weighted by atomic mass is 35.5. The SMILES string of the molecule is CC(C)c1cccc(C(C)C)c1N1C=[N+](CC2CCCCC2)CC1.[Cl-]. The van der Waals surface area contributed by atoms with E-state index >= 15 is 0 Å². The molecule has 0 saturated heterocycles. The molecule has 0 unspecified atom stereocenters. The molecule has 1 aromatic rings. The zero-order valence-electron chi connectivity index (χ0n) is 16.5. The van der Waals surface area contributed by atoms with Gasteiger partial charge in [0.1, 0.15) is 18.8 Å². The first-order valence-corrected chi connectivity index (χ1v) is 10.0. The molecule has 0 bridgehead atoms. The van der Waals surface area contributed by atoms with Crippen LogP contribution in [0, 0.1) is 5.92 Å². The van der Waals surface area contributed by atoms with Crippen LogP contribution < -0.4 is 17.3 Å². The van der Waals surface area contributed by atoms with E-state index in [9.17, 15) is 0 Å². The lowest BCUT2D eigenvalue weighted by Gasteiger charge is -2.21. The van der Waals surface area contributed by atoms with Crippen LogP contribution in [0.15, 0.2) is 18.2 Å². The summed E-state index contributed by atoms with van der Waals surface area (Å²) in [7, 11) is 0. The molecule has 1 fully saturated rings. The predicted octanol–water partition coefficient (Wildman–Crippen LogP) is 2.38. The number of halogens is 1. The highest BCUT2D eigenvalue weighted by Crippen LogP contribution is 2.35. The van der Waals surface area contributed by atoms with Crippen LogP contribution in [0.1, 0.15) is 82.8 Å². The molecule has 3 heteroatoms. The van der Waals surface area contributed by atoms with Crippen LogP contribution in [0.5, 0.6) is 0 Å². The minimum Gasteiger partial charge on any atom is -1.00 e. The fraction of sp³-hybridized carbons (Fsp3) is 0.682. The maximum Gasteiger partial charge on any atom is 0.239 e. The minimum absolute atomic E-state index is 0. The van der Waals surface area contributed by atoms with Crippen molar-refractivity contribution in [3.8, 4) is 0 Å².